The first-order valence-corrected chi connectivity index (χ1v) is 5.94. The molecule has 0 atom stereocenters. The Morgan fingerprint density at radius 2 is 2.17 bits per heavy atom. The van der Waals surface area contributed by atoms with Crippen LogP contribution in [-0.4, -0.2) is 28.7 Å². The summed E-state index contributed by atoms with van der Waals surface area (Å²) in [6.07, 6.45) is 2.41. The maximum Gasteiger partial charge on any atom is 0.217 e. The van der Waals surface area contributed by atoms with Crippen molar-refractivity contribution in [2.24, 2.45) is 5.73 Å². The third-order valence-electron chi connectivity index (χ3n) is 2.27. The maximum atomic E-state index is 10.9. The Bertz CT molecular complexity index is 451. The molecule has 0 saturated carbocycles. The van der Waals surface area contributed by atoms with Crippen molar-refractivity contribution in [1.29, 1.82) is 0 Å². The average Bonchev–Trinajstić information content (AvgIpc) is 2.27. The average molecular weight is 271 g/mol. The number of nitrogens with two attached hydrogens (primary N) is 1. The van der Waals surface area contributed by atoms with Gasteiger partial charge in [-0.25, -0.2) is 9.97 Å². The summed E-state index contributed by atoms with van der Waals surface area (Å²) in [7, 11) is 0. The monoisotopic (exact) mass is 270 g/mol. The van der Waals surface area contributed by atoms with E-state index < -0.39 is 0 Å². The molecule has 1 amide bonds. The van der Waals surface area contributed by atoms with Crippen LogP contribution in [0.1, 0.15) is 35.4 Å². The van der Waals surface area contributed by atoms with Gasteiger partial charge in [-0.1, -0.05) is 11.6 Å². The number of unbranched alkanes of at least 4 members (excludes halogenated alkanes) is 1. The van der Waals surface area contributed by atoms with Crippen molar-refractivity contribution in [3.63, 3.8) is 0 Å². The number of amides is 1. The molecule has 1 rings (SSSR count). The van der Waals surface area contributed by atoms with Crippen LogP contribution in [0, 0.1) is 6.92 Å². The highest BCUT2D eigenvalue weighted by Gasteiger charge is 2.10. The first-order chi connectivity index (χ1) is 8.54. The van der Waals surface area contributed by atoms with Crippen LogP contribution in [0.2, 0.25) is 5.15 Å². The summed E-state index contributed by atoms with van der Waals surface area (Å²) < 4.78 is 0. The van der Waals surface area contributed by atoms with Gasteiger partial charge in [0, 0.05) is 13.0 Å². The summed E-state index contributed by atoms with van der Waals surface area (Å²) in [5.41, 5.74) is 5.27. The number of aryl methyl sites for hydroxylation is 1. The Morgan fingerprint density at radius 1 is 1.44 bits per heavy atom. The summed E-state index contributed by atoms with van der Waals surface area (Å²) in [4.78, 5) is 29.4. The third kappa shape index (κ3) is 4.29. The molecule has 6 nitrogen and oxygen atoms in total. The molecule has 0 spiro atoms. The number of aldehydes is 1. The van der Waals surface area contributed by atoms with Gasteiger partial charge in [-0.05, 0) is 19.8 Å². The Balaban J connectivity index is 2.56. The number of hydrogen-bond donors (Lipinski definition) is 2. The Hall–Kier alpha value is -1.69. The molecule has 0 saturated heterocycles. The summed E-state index contributed by atoms with van der Waals surface area (Å²) >= 11 is 5.83. The molecule has 1 heterocycles. The fraction of sp³-hybridized carbons (Fsp3) is 0.455. The molecule has 0 unspecified atom stereocenters. The van der Waals surface area contributed by atoms with E-state index >= 15 is 0 Å². The highest BCUT2D eigenvalue weighted by atomic mass is 35.5. The molecule has 1 aromatic heterocycles. The molecule has 3 N–H and O–H groups in total. The van der Waals surface area contributed by atoms with Crippen molar-refractivity contribution in [1.82, 2.24) is 9.97 Å². The number of carbonyl (C=O) groups is 2. The van der Waals surface area contributed by atoms with Gasteiger partial charge >= 0.3 is 0 Å². The first-order valence-electron chi connectivity index (χ1n) is 5.56. The van der Waals surface area contributed by atoms with E-state index in [0.717, 1.165) is 6.42 Å². The number of aromatic nitrogens is 2. The minimum Gasteiger partial charge on any atom is -0.370 e. The summed E-state index contributed by atoms with van der Waals surface area (Å²) in [5.74, 6) is 0.594. The highest BCUT2D eigenvalue weighted by Crippen LogP contribution is 2.18. The second-order valence-corrected chi connectivity index (χ2v) is 4.15. The lowest BCUT2D eigenvalue weighted by atomic mass is 10.2. The third-order valence-corrected chi connectivity index (χ3v) is 2.56. The number of nitrogens with zero attached hydrogens (tertiary/aromatic N) is 2. The van der Waals surface area contributed by atoms with Gasteiger partial charge in [0.2, 0.25) is 5.91 Å². The van der Waals surface area contributed by atoms with Crippen LogP contribution in [-0.2, 0) is 4.79 Å². The van der Waals surface area contributed by atoms with Crippen molar-refractivity contribution < 1.29 is 9.59 Å². The molecule has 0 aliphatic carbocycles. The van der Waals surface area contributed by atoms with Gasteiger partial charge in [0.15, 0.2) is 6.29 Å². The molecule has 1 aromatic rings. The lowest BCUT2D eigenvalue weighted by Crippen LogP contribution is -2.12. The molecule has 0 aliphatic rings. The van der Waals surface area contributed by atoms with Crippen molar-refractivity contribution in [2.45, 2.75) is 26.2 Å². The predicted molar refractivity (Wildman–Crippen MR) is 68.7 cm³/mol. The first kappa shape index (κ1) is 14.4. The Kier molecular flexibility index (Phi) is 5.51. The van der Waals surface area contributed by atoms with E-state index in [4.69, 9.17) is 17.3 Å². The lowest BCUT2D eigenvalue weighted by Gasteiger charge is -2.09. The Morgan fingerprint density at radius 3 is 2.78 bits per heavy atom. The minimum atomic E-state index is -0.315. The van der Waals surface area contributed by atoms with Gasteiger partial charge in [0.05, 0.1) is 5.56 Å². The van der Waals surface area contributed by atoms with Crippen molar-refractivity contribution in [2.75, 3.05) is 11.9 Å². The minimum absolute atomic E-state index is 0.136. The number of nitrogens with one attached hydrogen (secondary N) is 1. The van der Waals surface area contributed by atoms with Crippen molar-refractivity contribution >= 4 is 29.6 Å². The molecular weight excluding hydrogens is 256 g/mol. The van der Waals surface area contributed by atoms with E-state index in [-0.39, 0.29) is 16.6 Å². The number of halogens is 1. The van der Waals surface area contributed by atoms with Crippen LogP contribution >= 0.6 is 11.6 Å². The summed E-state index contributed by atoms with van der Waals surface area (Å²) in [6, 6.07) is 0. The van der Waals surface area contributed by atoms with E-state index in [2.05, 4.69) is 15.3 Å². The standard InChI is InChI=1S/C11H15ClN4O2/c1-7-15-10(12)8(6-17)11(16-7)14-5-3-2-4-9(13)18/h6H,2-5H2,1H3,(H2,13,18)(H,14,15,16). The molecular formula is C11H15ClN4O2. The normalized spacial score (nSPS) is 10.1. The van der Waals surface area contributed by atoms with Crippen LogP contribution < -0.4 is 11.1 Å². The van der Waals surface area contributed by atoms with Gasteiger partial charge in [-0.3, -0.25) is 9.59 Å². The van der Waals surface area contributed by atoms with Crippen molar-refractivity contribution in [3.05, 3.63) is 16.5 Å². The van der Waals surface area contributed by atoms with Gasteiger partial charge in [-0.15, -0.1) is 0 Å². The fourth-order valence-corrected chi connectivity index (χ4v) is 1.67. The molecule has 0 radical (unpaired) electrons. The zero-order valence-corrected chi connectivity index (χ0v) is 10.8. The molecule has 98 valence electrons. The Labute approximate surface area is 110 Å². The van der Waals surface area contributed by atoms with E-state index in [1.807, 2.05) is 0 Å². The zero-order valence-electron chi connectivity index (χ0n) is 10.1. The predicted octanol–water partition coefficient (Wildman–Crippen LogP) is 1.32. The summed E-state index contributed by atoms with van der Waals surface area (Å²) in [5, 5.41) is 3.14. The van der Waals surface area contributed by atoms with Crippen molar-refractivity contribution in [3.8, 4) is 0 Å². The number of hydrogen-bond acceptors (Lipinski definition) is 5. The quantitative estimate of drug-likeness (QED) is 0.442. The van der Waals surface area contributed by atoms with Gasteiger partial charge in [0.25, 0.3) is 0 Å². The van der Waals surface area contributed by atoms with Crippen LogP contribution in [0.5, 0.6) is 0 Å². The lowest BCUT2D eigenvalue weighted by molar-refractivity contribution is -0.118. The van der Waals surface area contributed by atoms with E-state index in [1.165, 1.54) is 0 Å². The van der Waals surface area contributed by atoms with Gasteiger partial charge in [0.1, 0.15) is 16.8 Å². The zero-order chi connectivity index (χ0) is 13.5. The number of rotatable bonds is 7. The van der Waals surface area contributed by atoms with Gasteiger partial charge < -0.3 is 11.1 Å². The molecule has 0 aromatic carbocycles. The van der Waals surface area contributed by atoms with E-state index in [0.29, 0.717) is 37.3 Å². The largest absolute Gasteiger partial charge is 0.370 e. The van der Waals surface area contributed by atoms with Crippen LogP contribution in [0.4, 0.5) is 5.82 Å². The molecule has 18 heavy (non-hydrogen) atoms. The number of anilines is 1. The highest BCUT2D eigenvalue weighted by molar-refractivity contribution is 6.32. The van der Waals surface area contributed by atoms with Crippen LogP contribution in [0.25, 0.3) is 0 Å². The second-order valence-electron chi connectivity index (χ2n) is 3.79. The summed E-state index contributed by atoms with van der Waals surface area (Å²) in [6.45, 7) is 2.28. The van der Waals surface area contributed by atoms with Crippen LogP contribution in [0.15, 0.2) is 0 Å². The number of primary amides is 1. The second kappa shape index (κ2) is 6.90. The molecule has 0 bridgehead atoms. The van der Waals surface area contributed by atoms with Crippen LogP contribution in [0.3, 0.4) is 0 Å². The fourth-order valence-electron chi connectivity index (χ4n) is 1.42. The smallest absolute Gasteiger partial charge is 0.217 e. The molecule has 0 aliphatic heterocycles. The van der Waals surface area contributed by atoms with E-state index in [1.54, 1.807) is 6.92 Å². The maximum absolute atomic E-state index is 10.9. The van der Waals surface area contributed by atoms with Gasteiger partial charge in [-0.2, -0.15) is 0 Å². The molecule has 7 heteroatoms. The van der Waals surface area contributed by atoms with E-state index in [9.17, 15) is 9.59 Å². The topological polar surface area (TPSA) is 98.0 Å². The SMILES string of the molecule is Cc1nc(Cl)c(C=O)c(NCCCCC(N)=O)n1. The number of carbonyl (C=O) groups excluding carboxylic acids is 2. The molecule has 0 fully saturated rings.